The fourth-order valence-corrected chi connectivity index (χ4v) is 1.24. The molecule has 0 aliphatic carbocycles. The summed E-state index contributed by atoms with van der Waals surface area (Å²) in [6, 6.07) is 0. The molecule has 0 fully saturated rings. The van der Waals surface area contributed by atoms with E-state index >= 15 is 0 Å². The number of hydrogen-bond acceptors (Lipinski definition) is 4. The van der Waals surface area contributed by atoms with Gasteiger partial charge in [-0.3, -0.25) is 9.59 Å². The van der Waals surface area contributed by atoms with Crippen molar-refractivity contribution in [3.63, 3.8) is 0 Å². The van der Waals surface area contributed by atoms with Crippen LogP contribution in [-0.4, -0.2) is 47.4 Å². The summed E-state index contributed by atoms with van der Waals surface area (Å²) in [6.07, 6.45) is 0.524. The van der Waals surface area contributed by atoms with Crippen LogP contribution >= 0.6 is 0 Å². The van der Waals surface area contributed by atoms with Gasteiger partial charge in [-0.2, -0.15) is 0 Å². The van der Waals surface area contributed by atoms with Gasteiger partial charge in [-0.05, 0) is 20.3 Å². The van der Waals surface area contributed by atoms with Crippen molar-refractivity contribution in [3.05, 3.63) is 0 Å². The standard InChI is InChI=1S/C11H21NO5/c1-3-17-6-4-5-9(13)12-8-11(2,16)7-10(14)15/h16H,3-8H2,1-2H3,(H,12,13)(H,14,15). The molecule has 0 aliphatic rings. The van der Waals surface area contributed by atoms with E-state index in [9.17, 15) is 14.7 Å². The second-order valence-corrected chi connectivity index (χ2v) is 4.14. The molecule has 6 nitrogen and oxygen atoms in total. The van der Waals surface area contributed by atoms with Crippen molar-refractivity contribution in [2.24, 2.45) is 0 Å². The number of carboxylic acids is 1. The highest BCUT2D eigenvalue weighted by molar-refractivity contribution is 5.76. The molecule has 17 heavy (non-hydrogen) atoms. The van der Waals surface area contributed by atoms with Crippen LogP contribution in [0.5, 0.6) is 0 Å². The Labute approximate surface area is 101 Å². The zero-order chi connectivity index (χ0) is 13.3. The first-order valence-corrected chi connectivity index (χ1v) is 5.66. The molecular weight excluding hydrogens is 226 g/mol. The molecule has 1 atom stereocenters. The van der Waals surface area contributed by atoms with E-state index in [4.69, 9.17) is 9.84 Å². The van der Waals surface area contributed by atoms with Gasteiger partial charge in [0.15, 0.2) is 0 Å². The van der Waals surface area contributed by atoms with Gasteiger partial charge in [0.1, 0.15) is 0 Å². The van der Waals surface area contributed by atoms with Gasteiger partial charge in [0.25, 0.3) is 0 Å². The minimum atomic E-state index is -1.42. The van der Waals surface area contributed by atoms with Gasteiger partial charge in [0.05, 0.1) is 12.0 Å². The van der Waals surface area contributed by atoms with Crippen LogP contribution in [0.3, 0.4) is 0 Å². The molecule has 100 valence electrons. The lowest BCUT2D eigenvalue weighted by molar-refractivity contribution is -0.142. The largest absolute Gasteiger partial charge is 0.481 e. The average molecular weight is 247 g/mol. The quantitative estimate of drug-likeness (QED) is 0.504. The van der Waals surface area contributed by atoms with Crippen molar-refractivity contribution < 1.29 is 24.5 Å². The number of carbonyl (C=O) groups excluding carboxylic acids is 1. The molecule has 0 radical (unpaired) electrons. The fraction of sp³-hybridized carbons (Fsp3) is 0.818. The Kier molecular flexibility index (Phi) is 7.49. The number of amides is 1. The van der Waals surface area contributed by atoms with Crippen molar-refractivity contribution in [1.29, 1.82) is 0 Å². The predicted octanol–water partition coefficient (Wildman–Crippen LogP) is 0.145. The molecular formula is C11H21NO5. The summed E-state index contributed by atoms with van der Waals surface area (Å²) in [4.78, 5) is 21.7. The zero-order valence-electron chi connectivity index (χ0n) is 10.4. The summed E-state index contributed by atoms with van der Waals surface area (Å²) in [6.45, 7) is 4.34. The zero-order valence-corrected chi connectivity index (χ0v) is 10.4. The molecule has 0 rings (SSSR count). The van der Waals surface area contributed by atoms with E-state index in [0.29, 0.717) is 26.1 Å². The molecule has 0 saturated carbocycles. The van der Waals surface area contributed by atoms with E-state index in [-0.39, 0.29) is 12.5 Å². The molecule has 0 bridgehead atoms. The SMILES string of the molecule is CCOCCCC(=O)NCC(C)(O)CC(=O)O. The summed E-state index contributed by atoms with van der Waals surface area (Å²) >= 11 is 0. The molecule has 1 amide bonds. The molecule has 0 aliphatic heterocycles. The van der Waals surface area contributed by atoms with E-state index < -0.39 is 18.0 Å². The summed E-state index contributed by atoms with van der Waals surface area (Å²) in [7, 11) is 0. The molecule has 1 unspecified atom stereocenters. The Morgan fingerprint density at radius 2 is 2.06 bits per heavy atom. The summed E-state index contributed by atoms with van der Waals surface area (Å²) < 4.78 is 5.07. The lowest BCUT2D eigenvalue weighted by Gasteiger charge is -2.21. The number of nitrogens with one attached hydrogen (secondary N) is 1. The Morgan fingerprint density at radius 1 is 1.41 bits per heavy atom. The van der Waals surface area contributed by atoms with E-state index in [1.165, 1.54) is 6.92 Å². The Balaban J connectivity index is 3.71. The molecule has 0 aromatic heterocycles. The van der Waals surface area contributed by atoms with Crippen LogP contribution in [0.4, 0.5) is 0 Å². The van der Waals surface area contributed by atoms with Crippen molar-refractivity contribution >= 4 is 11.9 Å². The number of carboxylic acid groups (broad SMARTS) is 1. The van der Waals surface area contributed by atoms with Gasteiger partial charge in [0.2, 0.25) is 5.91 Å². The fourth-order valence-electron chi connectivity index (χ4n) is 1.24. The maximum Gasteiger partial charge on any atom is 0.306 e. The second kappa shape index (κ2) is 8.03. The van der Waals surface area contributed by atoms with Crippen LogP contribution in [0, 0.1) is 0 Å². The second-order valence-electron chi connectivity index (χ2n) is 4.14. The van der Waals surface area contributed by atoms with E-state index in [0.717, 1.165) is 0 Å². The molecule has 0 aromatic rings. The number of ether oxygens (including phenoxy) is 1. The van der Waals surface area contributed by atoms with Gasteiger partial charge in [-0.15, -0.1) is 0 Å². The number of aliphatic hydroxyl groups is 1. The van der Waals surface area contributed by atoms with Crippen LogP contribution in [-0.2, 0) is 14.3 Å². The first-order chi connectivity index (χ1) is 7.87. The number of aliphatic carboxylic acids is 1. The Hall–Kier alpha value is -1.14. The third-order valence-corrected chi connectivity index (χ3v) is 2.10. The average Bonchev–Trinajstić information content (AvgIpc) is 2.20. The molecule has 0 saturated heterocycles. The highest BCUT2D eigenvalue weighted by atomic mass is 16.5. The lowest BCUT2D eigenvalue weighted by atomic mass is 10.0. The van der Waals surface area contributed by atoms with Crippen molar-refractivity contribution in [2.45, 2.75) is 38.7 Å². The molecule has 0 aromatic carbocycles. The van der Waals surface area contributed by atoms with Crippen LogP contribution < -0.4 is 5.32 Å². The molecule has 3 N–H and O–H groups in total. The van der Waals surface area contributed by atoms with Gasteiger partial charge >= 0.3 is 5.97 Å². The maximum absolute atomic E-state index is 11.3. The predicted molar refractivity (Wildman–Crippen MR) is 61.6 cm³/mol. The minimum Gasteiger partial charge on any atom is -0.481 e. The summed E-state index contributed by atoms with van der Waals surface area (Å²) in [5, 5.41) is 20.6. The van der Waals surface area contributed by atoms with Gasteiger partial charge in [0, 0.05) is 26.2 Å². The van der Waals surface area contributed by atoms with Gasteiger partial charge in [-0.1, -0.05) is 0 Å². The monoisotopic (exact) mass is 247 g/mol. The summed E-state index contributed by atoms with van der Waals surface area (Å²) in [5.41, 5.74) is -1.42. The van der Waals surface area contributed by atoms with Crippen molar-refractivity contribution in [2.75, 3.05) is 19.8 Å². The van der Waals surface area contributed by atoms with Crippen molar-refractivity contribution in [3.8, 4) is 0 Å². The molecule has 0 heterocycles. The lowest BCUT2D eigenvalue weighted by Crippen LogP contribution is -2.42. The maximum atomic E-state index is 11.3. The van der Waals surface area contributed by atoms with Gasteiger partial charge < -0.3 is 20.3 Å². The number of rotatable bonds is 9. The topological polar surface area (TPSA) is 95.9 Å². The van der Waals surface area contributed by atoms with E-state index in [1.54, 1.807) is 0 Å². The van der Waals surface area contributed by atoms with E-state index in [2.05, 4.69) is 5.32 Å². The highest BCUT2D eigenvalue weighted by Gasteiger charge is 2.24. The minimum absolute atomic E-state index is 0.0627. The Morgan fingerprint density at radius 3 is 2.59 bits per heavy atom. The first-order valence-electron chi connectivity index (χ1n) is 5.66. The first kappa shape index (κ1) is 15.9. The van der Waals surface area contributed by atoms with Crippen molar-refractivity contribution in [1.82, 2.24) is 5.32 Å². The Bertz CT molecular complexity index is 252. The third-order valence-electron chi connectivity index (χ3n) is 2.10. The highest BCUT2D eigenvalue weighted by Crippen LogP contribution is 2.07. The third kappa shape index (κ3) is 9.77. The number of carbonyl (C=O) groups is 2. The number of hydrogen-bond donors (Lipinski definition) is 3. The normalized spacial score (nSPS) is 14.1. The van der Waals surface area contributed by atoms with E-state index in [1.807, 2.05) is 6.92 Å². The smallest absolute Gasteiger partial charge is 0.306 e. The molecule has 0 spiro atoms. The molecule has 6 heteroatoms. The summed E-state index contributed by atoms with van der Waals surface area (Å²) in [5.74, 6) is -1.31. The van der Waals surface area contributed by atoms with Crippen LogP contribution in [0.15, 0.2) is 0 Å². The van der Waals surface area contributed by atoms with Crippen LogP contribution in [0.1, 0.15) is 33.1 Å². The van der Waals surface area contributed by atoms with Crippen LogP contribution in [0.25, 0.3) is 0 Å². The van der Waals surface area contributed by atoms with Gasteiger partial charge in [-0.25, -0.2) is 0 Å². The van der Waals surface area contributed by atoms with Crippen LogP contribution in [0.2, 0.25) is 0 Å².